The molecule has 1 aliphatic heterocycles. The van der Waals surface area contributed by atoms with E-state index in [2.05, 4.69) is 4.98 Å². The van der Waals surface area contributed by atoms with Crippen molar-refractivity contribution in [2.75, 3.05) is 13.1 Å². The molecule has 4 N–H and O–H groups in total. The van der Waals surface area contributed by atoms with Crippen LogP contribution >= 0.6 is 0 Å². The zero-order chi connectivity index (χ0) is 14.0. The van der Waals surface area contributed by atoms with E-state index >= 15 is 0 Å². The first-order valence-corrected chi connectivity index (χ1v) is 6.45. The van der Waals surface area contributed by atoms with Crippen molar-refractivity contribution in [3.05, 3.63) is 28.0 Å². The van der Waals surface area contributed by atoms with Crippen LogP contribution in [0.25, 0.3) is 0 Å². The molecule has 1 aromatic rings. The number of piperidine rings is 1. The van der Waals surface area contributed by atoms with Crippen LogP contribution in [0.5, 0.6) is 5.88 Å². The lowest BCUT2D eigenvalue weighted by atomic mass is 9.92. The first-order valence-electron chi connectivity index (χ1n) is 6.45. The van der Waals surface area contributed by atoms with Crippen LogP contribution in [0.3, 0.4) is 0 Å². The number of nitrogens with one attached hydrogen (secondary N) is 1. The summed E-state index contributed by atoms with van der Waals surface area (Å²) in [6.45, 7) is 3.21. The highest BCUT2D eigenvalue weighted by molar-refractivity contribution is 5.94. The van der Waals surface area contributed by atoms with Gasteiger partial charge in [0.05, 0.1) is 5.56 Å². The quantitative estimate of drug-likeness (QED) is 0.715. The van der Waals surface area contributed by atoms with Crippen molar-refractivity contribution in [2.24, 2.45) is 11.7 Å². The predicted octanol–water partition coefficient (Wildman–Crippen LogP) is 0.280. The molecule has 1 saturated heterocycles. The SMILES string of the molecule is CC(N)C1CCCN(C(=O)c2cc(O)[nH]c(=O)c2)C1. The number of hydrogen-bond donors (Lipinski definition) is 3. The van der Waals surface area contributed by atoms with E-state index in [0.717, 1.165) is 12.8 Å². The number of nitrogens with two attached hydrogens (primary N) is 1. The second-order valence-electron chi connectivity index (χ2n) is 5.13. The number of hydrogen-bond acceptors (Lipinski definition) is 4. The standard InChI is InChI=1S/C13H19N3O3/c1-8(14)9-3-2-4-16(7-9)13(19)10-5-11(17)15-12(18)6-10/h5-6,8-9H,2-4,7,14H2,1H3,(H2,15,17,18). The molecule has 104 valence electrons. The van der Waals surface area contributed by atoms with Crippen molar-refractivity contribution >= 4 is 5.91 Å². The van der Waals surface area contributed by atoms with Gasteiger partial charge in [-0.15, -0.1) is 0 Å². The molecule has 6 nitrogen and oxygen atoms in total. The summed E-state index contributed by atoms with van der Waals surface area (Å²) in [4.78, 5) is 27.5. The van der Waals surface area contributed by atoms with Crippen LogP contribution in [0.1, 0.15) is 30.1 Å². The van der Waals surface area contributed by atoms with E-state index in [1.165, 1.54) is 12.1 Å². The average molecular weight is 265 g/mol. The van der Waals surface area contributed by atoms with Crippen molar-refractivity contribution in [1.82, 2.24) is 9.88 Å². The number of nitrogens with zero attached hydrogens (tertiary/aromatic N) is 1. The molecule has 6 heteroatoms. The number of rotatable bonds is 2. The lowest BCUT2D eigenvalue weighted by Gasteiger charge is -2.34. The highest BCUT2D eigenvalue weighted by Crippen LogP contribution is 2.20. The van der Waals surface area contributed by atoms with E-state index in [4.69, 9.17) is 5.73 Å². The molecule has 2 atom stereocenters. The van der Waals surface area contributed by atoms with Gasteiger partial charge >= 0.3 is 0 Å². The number of aromatic hydroxyl groups is 1. The number of aromatic nitrogens is 1. The number of carbonyl (C=O) groups excluding carboxylic acids is 1. The van der Waals surface area contributed by atoms with Crippen molar-refractivity contribution in [3.8, 4) is 5.88 Å². The smallest absolute Gasteiger partial charge is 0.254 e. The highest BCUT2D eigenvalue weighted by Gasteiger charge is 2.26. The summed E-state index contributed by atoms with van der Waals surface area (Å²) < 4.78 is 0. The topological polar surface area (TPSA) is 99.4 Å². The second kappa shape index (κ2) is 5.44. The van der Waals surface area contributed by atoms with Gasteiger partial charge in [0.25, 0.3) is 11.5 Å². The monoisotopic (exact) mass is 265 g/mol. The van der Waals surface area contributed by atoms with Gasteiger partial charge in [-0.05, 0) is 25.7 Å². The Morgan fingerprint density at radius 1 is 1.58 bits per heavy atom. The molecule has 1 aliphatic rings. The average Bonchev–Trinajstić information content (AvgIpc) is 2.37. The summed E-state index contributed by atoms with van der Waals surface area (Å²) >= 11 is 0. The summed E-state index contributed by atoms with van der Waals surface area (Å²) in [7, 11) is 0. The zero-order valence-corrected chi connectivity index (χ0v) is 10.9. The van der Waals surface area contributed by atoms with Crippen LogP contribution in [0.2, 0.25) is 0 Å². The van der Waals surface area contributed by atoms with Gasteiger partial charge < -0.3 is 15.7 Å². The number of pyridine rings is 1. The summed E-state index contributed by atoms with van der Waals surface area (Å²) in [5, 5.41) is 9.34. The summed E-state index contributed by atoms with van der Waals surface area (Å²) in [5.41, 5.74) is 5.62. The fourth-order valence-electron chi connectivity index (χ4n) is 2.46. The third-order valence-corrected chi connectivity index (χ3v) is 3.57. The molecule has 1 aromatic heterocycles. The van der Waals surface area contributed by atoms with E-state index in [1.807, 2.05) is 6.92 Å². The van der Waals surface area contributed by atoms with Gasteiger partial charge in [-0.25, -0.2) is 0 Å². The van der Waals surface area contributed by atoms with Crippen LogP contribution < -0.4 is 11.3 Å². The van der Waals surface area contributed by atoms with E-state index in [1.54, 1.807) is 4.90 Å². The zero-order valence-electron chi connectivity index (χ0n) is 10.9. The van der Waals surface area contributed by atoms with Crippen molar-refractivity contribution < 1.29 is 9.90 Å². The Labute approximate surface area is 111 Å². The lowest BCUT2D eigenvalue weighted by Crippen LogP contribution is -2.45. The van der Waals surface area contributed by atoms with Crippen molar-refractivity contribution in [1.29, 1.82) is 0 Å². The van der Waals surface area contributed by atoms with E-state index < -0.39 is 5.56 Å². The first kappa shape index (κ1) is 13.6. The van der Waals surface area contributed by atoms with Gasteiger partial charge in [0.2, 0.25) is 0 Å². The number of likely N-dealkylation sites (tertiary alicyclic amines) is 1. The molecule has 1 amide bonds. The molecular formula is C13H19N3O3. The van der Waals surface area contributed by atoms with Gasteiger partial charge in [0.15, 0.2) is 5.88 Å². The van der Waals surface area contributed by atoms with Crippen molar-refractivity contribution in [3.63, 3.8) is 0 Å². The molecule has 2 unspecified atom stereocenters. The molecule has 2 heterocycles. The maximum Gasteiger partial charge on any atom is 0.254 e. The fourth-order valence-corrected chi connectivity index (χ4v) is 2.46. The normalized spacial score (nSPS) is 21.2. The number of aromatic amines is 1. The molecule has 19 heavy (non-hydrogen) atoms. The molecule has 0 aliphatic carbocycles. The Balaban J connectivity index is 2.17. The minimum atomic E-state index is -0.482. The van der Waals surface area contributed by atoms with E-state index in [9.17, 15) is 14.7 Å². The minimum Gasteiger partial charge on any atom is -0.494 e. The van der Waals surface area contributed by atoms with Crippen LogP contribution in [0, 0.1) is 5.92 Å². The first-order chi connectivity index (χ1) is 8.97. The molecule has 0 saturated carbocycles. The number of amides is 1. The Hall–Kier alpha value is -1.82. The molecular weight excluding hydrogens is 246 g/mol. The van der Waals surface area contributed by atoms with Crippen LogP contribution in [0.4, 0.5) is 0 Å². The summed E-state index contributed by atoms with van der Waals surface area (Å²) in [6, 6.07) is 2.53. The van der Waals surface area contributed by atoms with Gasteiger partial charge in [0, 0.05) is 31.3 Å². The molecule has 1 fully saturated rings. The molecule has 0 bridgehead atoms. The number of H-pyrrole nitrogens is 1. The molecule has 0 aromatic carbocycles. The summed E-state index contributed by atoms with van der Waals surface area (Å²) in [5.74, 6) is -0.239. The minimum absolute atomic E-state index is 0.0446. The van der Waals surface area contributed by atoms with Crippen LogP contribution in [0.15, 0.2) is 16.9 Å². The molecule has 0 radical (unpaired) electrons. The van der Waals surface area contributed by atoms with Gasteiger partial charge in [-0.1, -0.05) is 0 Å². The maximum atomic E-state index is 12.3. The lowest BCUT2D eigenvalue weighted by molar-refractivity contribution is 0.0660. The molecule has 2 rings (SSSR count). The van der Waals surface area contributed by atoms with Crippen LogP contribution in [-0.4, -0.2) is 40.0 Å². The van der Waals surface area contributed by atoms with Gasteiger partial charge in [-0.3, -0.25) is 14.6 Å². The third-order valence-electron chi connectivity index (χ3n) is 3.57. The number of carbonyl (C=O) groups is 1. The van der Waals surface area contributed by atoms with E-state index in [-0.39, 0.29) is 29.3 Å². The Bertz CT molecular complexity index is 524. The third kappa shape index (κ3) is 3.14. The van der Waals surface area contributed by atoms with Gasteiger partial charge in [0.1, 0.15) is 0 Å². The maximum absolute atomic E-state index is 12.3. The van der Waals surface area contributed by atoms with Crippen molar-refractivity contribution in [2.45, 2.75) is 25.8 Å². The summed E-state index contributed by atoms with van der Waals surface area (Å²) in [6.07, 6.45) is 1.93. The van der Waals surface area contributed by atoms with Crippen LogP contribution in [-0.2, 0) is 0 Å². The predicted molar refractivity (Wildman–Crippen MR) is 71.0 cm³/mol. The fraction of sp³-hybridized carbons (Fsp3) is 0.538. The van der Waals surface area contributed by atoms with Gasteiger partial charge in [-0.2, -0.15) is 0 Å². The largest absolute Gasteiger partial charge is 0.494 e. The van der Waals surface area contributed by atoms with E-state index in [0.29, 0.717) is 13.1 Å². The Morgan fingerprint density at radius 2 is 2.32 bits per heavy atom. The Morgan fingerprint density at radius 3 is 2.95 bits per heavy atom. The molecule has 0 spiro atoms. The Kier molecular flexibility index (Phi) is 3.90. The second-order valence-corrected chi connectivity index (χ2v) is 5.13. The highest BCUT2D eigenvalue weighted by atomic mass is 16.3.